The van der Waals surface area contributed by atoms with Gasteiger partial charge in [-0.2, -0.15) is 0 Å². The number of isocyanates is 2. The molecule has 0 atom stereocenters. The fourth-order valence-corrected chi connectivity index (χ4v) is 0. The lowest BCUT2D eigenvalue weighted by Gasteiger charge is -1.72. The fraction of sp³-hybridized carbons (Fsp3) is 0.250. The lowest BCUT2D eigenvalue weighted by atomic mass is 10.8. The van der Waals surface area contributed by atoms with E-state index in [1.54, 1.807) is 0 Å². The maximum atomic E-state index is 9.12. The molecule has 7 heteroatoms. The molecule has 0 aromatic carbocycles. The smallest absolute Gasteiger partial charge is 0.329 e. The van der Waals surface area contributed by atoms with Gasteiger partial charge in [0.05, 0.1) is 0 Å². The maximum absolute atomic E-state index is 9.12. The van der Waals surface area contributed by atoms with Crippen LogP contribution in [0.3, 0.4) is 0 Å². The molecule has 0 aliphatic rings. The standard InChI is InChI=1S/C2H4O3.2CHNO/c3-1-2(4)5;2*2-1-3/h3H,1H2,(H,4,5);2*2H. The van der Waals surface area contributed by atoms with Gasteiger partial charge in [-0.3, -0.25) is 0 Å². The third-order valence-electron chi connectivity index (χ3n) is 0.135. The molecule has 7 nitrogen and oxygen atoms in total. The molecule has 0 spiro atoms. The molecule has 0 unspecified atom stereocenters. The highest BCUT2D eigenvalue weighted by Crippen LogP contribution is 1.48. The van der Waals surface area contributed by atoms with E-state index in [0.29, 0.717) is 0 Å². The summed E-state index contributed by atoms with van der Waals surface area (Å²) in [7, 11) is 0. The van der Waals surface area contributed by atoms with Gasteiger partial charge < -0.3 is 10.2 Å². The molecule has 11 heavy (non-hydrogen) atoms. The Hall–Kier alpha value is -1.81. The van der Waals surface area contributed by atoms with Gasteiger partial charge in [-0.05, 0) is 0 Å². The van der Waals surface area contributed by atoms with Gasteiger partial charge in [-0.25, -0.2) is 25.2 Å². The van der Waals surface area contributed by atoms with Gasteiger partial charge in [0.15, 0.2) is 0 Å². The number of hydrogen-bond acceptors (Lipinski definition) is 6. The van der Waals surface area contributed by atoms with Crippen LogP contribution >= 0.6 is 0 Å². The van der Waals surface area contributed by atoms with Gasteiger partial charge in [-0.1, -0.05) is 0 Å². The number of carbonyl (C=O) groups is 1. The van der Waals surface area contributed by atoms with Crippen LogP contribution in [0.25, 0.3) is 0 Å². The van der Waals surface area contributed by atoms with Crippen molar-refractivity contribution >= 4 is 18.1 Å². The molecule has 0 rings (SSSR count). The predicted octanol–water partition coefficient (Wildman–Crippen LogP) is -1.13. The van der Waals surface area contributed by atoms with Crippen molar-refractivity contribution in [2.75, 3.05) is 6.61 Å². The fourth-order valence-electron chi connectivity index (χ4n) is 0. The Balaban J connectivity index is -0.0000000933. The SMILES string of the molecule is N=C=O.N=C=O.O=C(O)CO. The summed E-state index contributed by atoms with van der Waals surface area (Å²) in [6.07, 6.45) is 1.50. The molecule has 0 amide bonds. The van der Waals surface area contributed by atoms with Gasteiger partial charge in [0.25, 0.3) is 0 Å². The van der Waals surface area contributed by atoms with Gasteiger partial charge in [-0.15, -0.1) is 0 Å². The van der Waals surface area contributed by atoms with E-state index in [2.05, 4.69) is 0 Å². The normalized spacial score (nSPS) is 4.82. The summed E-state index contributed by atoms with van der Waals surface area (Å²) in [6, 6.07) is 0. The van der Waals surface area contributed by atoms with Crippen molar-refractivity contribution in [1.29, 1.82) is 10.8 Å². The molecular formula is C4H6N2O5. The van der Waals surface area contributed by atoms with E-state index in [0.717, 1.165) is 12.2 Å². The molecule has 4 N–H and O–H groups in total. The van der Waals surface area contributed by atoms with Crippen molar-refractivity contribution in [3.05, 3.63) is 0 Å². The molecular weight excluding hydrogens is 156 g/mol. The summed E-state index contributed by atoms with van der Waals surface area (Å²) in [5.41, 5.74) is 0. The van der Waals surface area contributed by atoms with E-state index in [4.69, 9.17) is 35.4 Å². The molecule has 0 aliphatic heterocycles. The molecule has 0 heterocycles. The van der Waals surface area contributed by atoms with Crippen LogP contribution in [0.2, 0.25) is 0 Å². The second-order valence-electron chi connectivity index (χ2n) is 0.756. The molecule has 0 aliphatic carbocycles. The minimum absolute atomic E-state index is 0.750. The van der Waals surface area contributed by atoms with E-state index in [9.17, 15) is 0 Å². The van der Waals surface area contributed by atoms with Gasteiger partial charge >= 0.3 is 5.97 Å². The molecule has 0 radical (unpaired) electrons. The first-order valence-electron chi connectivity index (χ1n) is 2.01. The maximum Gasteiger partial charge on any atom is 0.329 e. The quantitative estimate of drug-likeness (QED) is 0.285. The Morgan fingerprint density at radius 3 is 1.36 bits per heavy atom. The monoisotopic (exact) mass is 162 g/mol. The Morgan fingerprint density at radius 2 is 1.36 bits per heavy atom. The summed E-state index contributed by atoms with van der Waals surface area (Å²) >= 11 is 0. The first kappa shape index (κ1) is 16.1. The van der Waals surface area contributed by atoms with Gasteiger partial charge in [0.1, 0.15) is 6.61 Å². The Bertz CT molecular complexity index is 142. The van der Waals surface area contributed by atoms with Crippen molar-refractivity contribution in [1.82, 2.24) is 0 Å². The number of carboxylic acids is 1. The van der Waals surface area contributed by atoms with Gasteiger partial charge in [0, 0.05) is 0 Å². The summed E-state index contributed by atoms with van der Waals surface area (Å²) < 4.78 is 0. The number of aliphatic hydroxyl groups excluding tert-OH is 1. The van der Waals surface area contributed by atoms with Crippen molar-refractivity contribution in [3.8, 4) is 0 Å². The van der Waals surface area contributed by atoms with Crippen LogP contribution in [0.1, 0.15) is 0 Å². The molecule has 0 saturated carbocycles. The van der Waals surface area contributed by atoms with Crippen molar-refractivity contribution < 1.29 is 24.6 Å². The lowest BCUT2D eigenvalue weighted by Crippen LogP contribution is -1.98. The first-order valence-corrected chi connectivity index (χ1v) is 2.01. The molecule has 62 valence electrons. The average Bonchev–Trinajstić information content (AvgIpc) is 1.91. The number of aliphatic carboxylic acids is 1. The van der Waals surface area contributed by atoms with Crippen LogP contribution in [0, 0.1) is 10.8 Å². The third kappa shape index (κ3) is 8690. The van der Waals surface area contributed by atoms with E-state index < -0.39 is 12.6 Å². The summed E-state index contributed by atoms with van der Waals surface area (Å²) in [5, 5.41) is 25.8. The summed E-state index contributed by atoms with van der Waals surface area (Å²) in [4.78, 5) is 25.8. The van der Waals surface area contributed by atoms with Gasteiger partial charge in [0.2, 0.25) is 12.2 Å². The number of carbonyl (C=O) groups excluding carboxylic acids is 2. The topological polar surface area (TPSA) is 139 Å². The Labute approximate surface area is 61.3 Å². The van der Waals surface area contributed by atoms with Crippen LogP contribution in [-0.4, -0.2) is 34.9 Å². The second-order valence-corrected chi connectivity index (χ2v) is 0.756. The van der Waals surface area contributed by atoms with Crippen LogP contribution < -0.4 is 0 Å². The molecule has 0 saturated heterocycles. The van der Waals surface area contributed by atoms with E-state index in [-0.39, 0.29) is 0 Å². The Kier molecular flexibility index (Phi) is 35.3. The second kappa shape index (κ2) is 24.1. The van der Waals surface area contributed by atoms with E-state index in [1.165, 1.54) is 0 Å². The van der Waals surface area contributed by atoms with Crippen LogP contribution in [-0.2, 0) is 14.4 Å². The first-order chi connectivity index (χ1) is 5.10. The highest BCUT2D eigenvalue weighted by atomic mass is 16.4. The highest BCUT2D eigenvalue weighted by molar-refractivity contribution is 5.67. The molecule has 0 aromatic rings. The van der Waals surface area contributed by atoms with Crippen LogP contribution in [0.4, 0.5) is 0 Å². The molecule has 0 fully saturated rings. The minimum Gasteiger partial charge on any atom is -0.480 e. The molecule has 0 bridgehead atoms. The largest absolute Gasteiger partial charge is 0.480 e. The number of aliphatic hydroxyl groups is 1. The van der Waals surface area contributed by atoms with Crippen molar-refractivity contribution in [3.63, 3.8) is 0 Å². The minimum atomic E-state index is -1.19. The van der Waals surface area contributed by atoms with Crippen molar-refractivity contribution in [2.45, 2.75) is 0 Å². The number of nitrogens with one attached hydrogen (secondary N) is 2. The van der Waals surface area contributed by atoms with Crippen molar-refractivity contribution in [2.24, 2.45) is 0 Å². The lowest BCUT2D eigenvalue weighted by molar-refractivity contribution is -0.140. The number of hydrogen-bond donors (Lipinski definition) is 4. The van der Waals surface area contributed by atoms with E-state index >= 15 is 0 Å². The number of rotatable bonds is 1. The predicted molar refractivity (Wildman–Crippen MR) is 31.5 cm³/mol. The zero-order valence-electron chi connectivity index (χ0n) is 5.33. The molecule has 0 aromatic heterocycles. The third-order valence-corrected chi connectivity index (χ3v) is 0.135. The average molecular weight is 162 g/mol. The zero-order valence-corrected chi connectivity index (χ0v) is 5.33. The van der Waals surface area contributed by atoms with E-state index in [1.807, 2.05) is 0 Å². The Morgan fingerprint density at radius 1 is 1.27 bits per heavy atom. The van der Waals surface area contributed by atoms with Crippen LogP contribution in [0.5, 0.6) is 0 Å². The highest BCUT2D eigenvalue weighted by Gasteiger charge is 1.82. The zero-order chi connectivity index (χ0) is 9.70. The summed E-state index contributed by atoms with van der Waals surface area (Å²) in [6.45, 7) is -0.778. The number of carboxylic acid groups (broad SMARTS) is 1. The summed E-state index contributed by atoms with van der Waals surface area (Å²) in [5.74, 6) is -1.19. The van der Waals surface area contributed by atoms with Crippen LogP contribution in [0.15, 0.2) is 0 Å².